The van der Waals surface area contributed by atoms with Crippen molar-refractivity contribution in [2.45, 2.75) is 27.2 Å². The van der Waals surface area contributed by atoms with Gasteiger partial charge in [0.2, 0.25) is 0 Å². The third kappa shape index (κ3) is 11.8. The average Bonchev–Trinajstić information content (AvgIpc) is 2.39. The molecule has 0 saturated heterocycles. The van der Waals surface area contributed by atoms with Crippen LogP contribution in [0, 0.1) is 5.41 Å². The number of nitrogens with zero attached hydrogens (tertiary/aromatic N) is 1. The smallest absolute Gasteiger partial charge is 0.273 e. The van der Waals surface area contributed by atoms with Gasteiger partial charge in [-0.2, -0.15) is 0 Å². The summed E-state index contributed by atoms with van der Waals surface area (Å²) in [5.74, 6) is 0.691. The van der Waals surface area contributed by atoms with E-state index >= 15 is 0 Å². The molecule has 0 atom stereocenters. The normalized spacial score (nSPS) is 10.1. The number of anilines is 1. The lowest BCUT2D eigenvalue weighted by Gasteiger charge is -2.16. The summed E-state index contributed by atoms with van der Waals surface area (Å²) in [4.78, 5) is 24.8. The fourth-order valence-electron chi connectivity index (χ4n) is 1.20. The molecule has 0 radical (unpaired) electrons. The molecule has 0 aromatic carbocycles. The maximum absolute atomic E-state index is 11.7. The van der Waals surface area contributed by atoms with E-state index < -0.39 is 5.24 Å². The number of rotatable bonds is 4. The van der Waals surface area contributed by atoms with E-state index in [1.165, 1.54) is 6.20 Å². The Kier molecular flexibility index (Phi) is 9.78. The monoisotopic (exact) mass is 377 g/mol. The lowest BCUT2D eigenvalue weighted by Crippen LogP contribution is -2.23. The summed E-state index contributed by atoms with van der Waals surface area (Å²) < 4.78 is 5.27. The van der Waals surface area contributed by atoms with Crippen molar-refractivity contribution < 1.29 is 14.3 Å². The number of ketones is 1. The van der Waals surface area contributed by atoms with Crippen LogP contribution in [0.1, 0.15) is 27.2 Å². The summed E-state index contributed by atoms with van der Waals surface area (Å²) in [6, 6.07) is 3.39. The van der Waals surface area contributed by atoms with Crippen LogP contribution in [0.3, 0.4) is 0 Å². The summed E-state index contributed by atoms with van der Waals surface area (Å²) >= 11 is 13.8. The number of carbonyl (C=O) groups excluding carboxylic acids is 2. The highest BCUT2D eigenvalue weighted by atomic mass is 35.5. The van der Waals surface area contributed by atoms with Gasteiger partial charge in [-0.15, -0.1) is 0 Å². The van der Waals surface area contributed by atoms with Crippen molar-refractivity contribution in [3.05, 3.63) is 23.4 Å². The largest absolute Gasteiger partial charge is 0.470 e. The molecule has 0 fully saturated rings. The van der Waals surface area contributed by atoms with Gasteiger partial charge in [-0.05, 0) is 24.4 Å². The molecule has 0 unspecified atom stereocenters. The lowest BCUT2D eigenvalue weighted by molar-refractivity contribution is -0.126. The molecule has 3 N–H and O–H groups in total. The van der Waals surface area contributed by atoms with E-state index in [-0.39, 0.29) is 23.0 Å². The number of aromatic nitrogens is 1. The summed E-state index contributed by atoms with van der Waals surface area (Å²) in [5, 5.41) is 2.91. The van der Waals surface area contributed by atoms with Crippen molar-refractivity contribution in [1.29, 1.82) is 0 Å². The van der Waals surface area contributed by atoms with Crippen LogP contribution in [0.4, 0.5) is 10.6 Å². The maximum atomic E-state index is 11.7. The summed E-state index contributed by atoms with van der Waals surface area (Å²) in [6.07, 6.45) is 1.84. The molecule has 23 heavy (non-hydrogen) atoms. The number of thiol groups is 1. The number of pyridine rings is 1. The van der Waals surface area contributed by atoms with Crippen LogP contribution >= 0.6 is 36.4 Å². The quantitative estimate of drug-likeness (QED) is 0.549. The predicted octanol–water partition coefficient (Wildman–Crippen LogP) is 3.45. The van der Waals surface area contributed by atoms with Gasteiger partial charge in [0, 0.05) is 18.0 Å². The molecule has 6 nitrogen and oxygen atoms in total. The lowest BCUT2D eigenvalue weighted by atomic mass is 9.89. The van der Waals surface area contributed by atoms with Crippen LogP contribution in [-0.4, -0.2) is 27.8 Å². The van der Waals surface area contributed by atoms with E-state index in [0.717, 1.165) is 0 Å². The molecule has 1 amide bonds. The number of carbonyl (C=O) groups is 2. The second-order valence-corrected chi connectivity index (χ2v) is 6.63. The number of amides is 1. The van der Waals surface area contributed by atoms with E-state index in [0.29, 0.717) is 17.3 Å². The van der Waals surface area contributed by atoms with Gasteiger partial charge in [0.05, 0.1) is 11.6 Å². The zero-order valence-electron chi connectivity index (χ0n) is 13.1. The molecule has 0 spiro atoms. The second kappa shape index (κ2) is 10.4. The highest BCUT2D eigenvalue weighted by molar-refractivity contribution is 7.96. The minimum Gasteiger partial charge on any atom is -0.470 e. The summed E-state index contributed by atoms with van der Waals surface area (Å²) in [5.41, 5.74) is 3.99. The van der Waals surface area contributed by atoms with E-state index in [9.17, 15) is 4.79 Å². The van der Waals surface area contributed by atoms with Crippen LogP contribution in [0.2, 0.25) is 5.02 Å². The van der Waals surface area contributed by atoms with Gasteiger partial charge < -0.3 is 15.8 Å². The van der Waals surface area contributed by atoms with Gasteiger partial charge >= 0.3 is 0 Å². The summed E-state index contributed by atoms with van der Waals surface area (Å²) in [7, 11) is 0. The van der Waals surface area contributed by atoms with Crippen LogP contribution in [0.25, 0.3) is 0 Å². The Morgan fingerprint density at radius 1 is 1.43 bits per heavy atom. The first-order valence-corrected chi connectivity index (χ1v) is 7.82. The topological polar surface area (TPSA) is 94.3 Å². The molecule has 1 aromatic rings. The molecule has 1 aromatic heterocycles. The second-order valence-electron chi connectivity index (χ2n) is 5.38. The van der Waals surface area contributed by atoms with Gasteiger partial charge in [0.25, 0.3) is 10.4 Å². The SMILES string of the molecule is CC(C)(C)C(=O)CCOC(=S)Nc1ccc(Cl)cn1.NC(=O)S. The Hall–Kier alpha value is -1.38. The molecule has 9 heteroatoms. The zero-order valence-corrected chi connectivity index (χ0v) is 15.6. The van der Waals surface area contributed by atoms with Crippen molar-refractivity contribution in [1.82, 2.24) is 4.98 Å². The third-order valence-electron chi connectivity index (χ3n) is 2.36. The zero-order chi connectivity index (χ0) is 18.0. The van der Waals surface area contributed by atoms with Gasteiger partial charge in [-0.1, -0.05) is 45.0 Å². The Bertz CT molecular complexity index is 541. The Labute approximate surface area is 151 Å². The molecule has 1 rings (SSSR count). The molecule has 0 aliphatic heterocycles. The number of nitrogens with one attached hydrogen (secondary N) is 1. The number of Topliss-reactive ketones (excluding diaryl/α,β-unsaturated/α-hetero) is 1. The van der Waals surface area contributed by atoms with Crippen LogP contribution < -0.4 is 11.1 Å². The van der Waals surface area contributed by atoms with E-state index in [1.54, 1.807) is 12.1 Å². The van der Waals surface area contributed by atoms with E-state index in [2.05, 4.69) is 28.7 Å². The van der Waals surface area contributed by atoms with Crippen LogP contribution in [0.5, 0.6) is 0 Å². The fourth-order valence-corrected chi connectivity index (χ4v) is 1.50. The van der Waals surface area contributed by atoms with Crippen molar-refractivity contribution in [3.63, 3.8) is 0 Å². The standard InChI is InChI=1S/C13H17ClN2O2S.CH3NOS/c1-13(2,3)10(17)6-7-18-12(19)16-11-5-4-9(14)8-15-11;2-1(3)4/h4-5,8H,6-7H2,1-3H3,(H,15,16,19);(H3,2,3,4). The fraction of sp³-hybridized carbons (Fsp3) is 0.429. The number of nitrogens with two attached hydrogens (primary N) is 1. The molecule has 0 aliphatic rings. The van der Waals surface area contributed by atoms with Crippen LogP contribution in [-0.2, 0) is 9.53 Å². The van der Waals surface area contributed by atoms with Crippen molar-refractivity contribution in [3.8, 4) is 0 Å². The van der Waals surface area contributed by atoms with E-state index in [4.69, 9.17) is 33.4 Å². The summed E-state index contributed by atoms with van der Waals surface area (Å²) in [6.45, 7) is 5.89. The molecular weight excluding hydrogens is 358 g/mol. The molecule has 0 aliphatic carbocycles. The Balaban J connectivity index is 0.00000108. The van der Waals surface area contributed by atoms with Gasteiger partial charge in [0.1, 0.15) is 11.6 Å². The average molecular weight is 378 g/mol. The van der Waals surface area contributed by atoms with Gasteiger partial charge in [0.15, 0.2) is 0 Å². The molecule has 128 valence electrons. The van der Waals surface area contributed by atoms with Crippen molar-refractivity contribution >= 4 is 58.5 Å². The highest BCUT2D eigenvalue weighted by Crippen LogP contribution is 2.16. The molecule has 0 saturated carbocycles. The Morgan fingerprint density at radius 3 is 2.43 bits per heavy atom. The van der Waals surface area contributed by atoms with E-state index in [1.807, 2.05) is 20.8 Å². The van der Waals surface area contributed by atoms with Crippen molar-refractivity contribution in [2.75, 3.05) is 11.9 Å². The number of primary amides is 1. The highest BCUT2D eigenvalue weighted by Gasteiger charge is 2.20. The van der Waals surface area contributed by atoms with Crippen LogP contribution in [0.15, 0.2) is 18.3 Å². The first-order chi connectivity index (χ1) is 10.5. The van der Waals surface area contributed by atoms with Gasteiger partial charge in [-0.3, -0.25) is 9.59 Å². The number of hydrogen-bond donors (Lipinski definition) is 3. The number of ether oxygens (including phenoxy) is 1. The first kappa shape index (κ1) is 21.6. The minimum absolute atomic E-state index is 0.139. The molecule has 0 bridgehead atoms. The number of halogens is 1. The predicted molar refractivity (Wildman–Crippen MR) is 99.1 cm³/mol. The third-order valence-corrected chi connectivity index (χ3v) is 2.80. The number of thiocarbonyl (C=S) groups is 1. The molecule has 1 heterocycles. The maximum Gasteiger partial charge on any atom is 0.273 e. The van der Waals surface area contributed by atoms with Crippen molar-refractivity contribution in [2.24, 2.45) is 11.1 Å². The molecular formula is C14H20ClN3O3S2. The van der Waals surface area contributed by atoms with Gasteiger partial charge in [-0.25, -0.2) is 4.98 Å². The Morgan fingerprint density at radius 2 is 2.00 bits per heavy atom. The first-order valence-electron chi connectivity index (χ1n) is 6.59. The minimum atomic E-state index is -0.639. The number of hydrogen-bond acceptors (Lipinski definition) is 5.